The van der Waals surface area contributed by atoms with Crippen molar-refractivity contribution < 1.29 is 14.4 Å². The summed E-state index contributed by atoms with van der Waals surface area (Å²) < 4.78 is 0. The Kier molecular flexibility index (Phi) is 4.50. The number of thioether (sulfide) groups is 1. The van der Waals surface area contributed by atoms with Crippen LogP contribution >= 0.6 is 11.8 Å². The quantitative estimate of drug-likeness (QED) is 0.359. The van der Waals surface area contributed by atoms with Gasteiger partial charge in [-0.25, -0.2) is 0 Å². The van der Waals surface area contributed by atoms with Gasteiger partial charge in [0.05, 0.1) is 0 Å². The van der Waals surface area contributed by atoms with Crippen molar-refractivity contribution >= 4 is 39.5 Å². The Morgan fingerprint density at radius 3 is 2.25 bits per heavy atom. The van der Waals surface area contributed by atoms with E-state index in [9.17, 15) is 14.4 Å². The number of amides is 2. The maximum absolute atomic E-state index is 12.5. The highest BCUT2D eigenvalue weighted by Gasteiger charge is 2.30. The Morgan fingerprint density at radius 2 is 1.57 bits per heavy atom. The van der Waals surface area contributed by atoms with Gasteiger partial charge in [-0.1, -0.05) is 35.7 Å². The molecule has 0 saturated heterocycles. The highest BCUT2D eigenvalue weighted by atomic mass is 32.2. The lowest BCUT2D eigenvalue weighted by Crippen LogP contribution is -2.36. The van der Waals surface area contributed by atoms with E-state index in [1.54, 1.807) is 12.1 Å². The Bertz CT molecular complexity index is 1190. The van der Waals surface area contributed by atoms with Gasteiger partial charge < -0.3 is 0 Å². The van der Waals surface area contributed by atoms with Crippen LogP contribution in [0.4, 0.5) is 0 Å². The van der Waals surface area contributed by atoms with Crippen molar-refractivity contribution in [3.63, 3.8) is 0 Å². The maximum atomic E-state index is 12.5. The molecule has 3 aromatic carbocycles. The van der Waals surface area contributed by atoms with Crippen molar-refractivity contribution in [1.29, 1.82) is 0 Å². The van der Waals surface area contributed by atoms with Crippen molar-refractivity contribution in [2.45, 2.75) is 11.8 Å². The van der Waals surface area contributed by atoms with Gasteiger partial charge in [0.25, 0.3) is 11.8 Å². The van der Waals surface area contributed by atoms with Gasteiger partial charge in [0.2, 0.25) is 0 Å². The molecule has 4 rings (SSSR count). The van der Waals surface area contributed by atoms with E-state index in [1.807, 2.05) is 42.5 Å². The van der Waals surface area contributed by atoms with Crippen molar-refractivity contribution in [3.8, 4) is 11.8 Å². The average Bonchev–Trinajstić information content (AvgIpc) is 2.69. The van der Waals surface area contributed by atoms with Crippen molar-refractivity contribution in [2.75, 3.05) is 7.05 Å². The minimum atomic E-state index is -0.299. The number of carbonyl (C=O) groups is 3. The fourth-order valence-electron chi connectivity index (χ4n) is 3.24. The second-order valence-electron chi connectivity index (χ2n) is 6.43. The average molecular weight is 385 g/mol. The summed E-state index contributed by atoms with van der Waals surface area (Å²) in [7, 11) is 1.49. The van der Waals surface area contributed by atoms with E-state index in [1.165, 1.54) is 25.7 Å². The number of rotatable bonds is 1. The number of nitrogens with zero attached hydrogens (tertiary/aromatic N) is 1. The highest BCUT2D eigenvalue weighted by Crippen LogP contribution is 2.31. The number of imide groups is 1. The summed E-state index contributed by atoms with van der Waals surface area (Å²) in [6, 6.07) is 16.4. The minimum Gasteiger partial charge on any atom is -0.287 e. The van der Waals surface area contributed by atoms with Crippen LogP contribution in [0, 0.1) is 11.8 Å². The van der Waals surface area contributed by atoms with Gasteiger partial charge in [-0.3, -0.25) is 19.3 Å². The molecule has 4 nitrogen and oxygen atoms in total. The monoisotopic (exact) mass is 385 g/mol. The summed E-state index contributed by atoms with van der Waals surface area (Å²) in [5, 5.41) is 1.49. The fraction of sp³-hybridized carbons (Fsp3) is 0.0870. The number of carbonyl (C=O) groups excluding carboxylic acids is 3. The predicted molar refractivity (Wildman–Crippen MR) is 109 cm³/mol. The summed E-state index contributed by atoms with van der Waals surface area (Å²) in [6.45, 7) is 1.53. The second kappa shape index (κ2) is 6.99. The van der Waals surface area contributed by atoms with E-state index in [4.69, 9.17) is 0 Å². The topological polar surface area (TPSA) is 54.5 Å². The Morgan fingerprint density at radius 1 is 0.893 bits per heavy atom. The third kappa shape index (κ3) is 3.08. The summed E-state index contributed by atoms with van der Waals surface area (Å²) in [5.41, 5.74) is 2.61. The minimum absolute atomic E-state index is 0.0392. The normalized spacial score (nSPS) is 12.7. The molecule has 0 unspecified atom stereocenters. The molecule has 2 amide bonds. The molecule has 5 heteroatoms. The third-order valence-corrected chi connectivity index (χ3v) is 5.36. The van der Waals surface area contributed by atoms with E-state index in [0.717, 1.165) is 26.3 Å². The molecule has 3 aromatic rings. The Balaban J connectivity index is 1.77. The Hall–Kier alpha value is -3.36. The molecule has 0 N–H and O–H groups in total. The molecular weight excluding hydrogens is 370 g/mol. The molecule has 0 atom stereocenters. The van der Waals surface area contributed by atoms with Crippen LogP contribution in [0.5, 0.6) is 0 Å². The molecule has 28 heavy (non-hydrogen) atoms. The fourth-order valence-corrected chi connectivity index (χ4v) is 3.84. The summed E-state index contributed by atoms with van der Waals surface area (Å²) in [6.07, 6.45) is 0. The highest BCUT2D eigenvalue weighted by molar-refractivity contribution is 8.13. The smallest absolute Gasteiger partial charge is 0.261 e. The molecule has 1 heterocycles. The molecule has 0 radical (unpaired) electrons. The lowest BCUT2D eigenvalue weighted by atomic mass is 9.91. The van der Waals surface area contributed by atoms with Gasteiger partial charge >= 0.3 is 0 Å². The van der Waals surface area contributed by atoms with Crippen LogP contribution < -0.4 is 0 Å². The molecule has 0 bridgehead atoms. The first-order chi connectivity index (χ1) is 13.5. The predicted octanol–water partition coefficient (Wildman–Crippen LogP) is 4.10. The van der Waals surface area contributed by atoms with E-state index < -0.39 is 0 Å². The van der Waals surface area contributed by atoms with Crippen LogP contribution in [-0.2, 0) is 4.79 Å². The zero-order valence-corrected chi connectivity index (χ0v) is 16.1. The van der Waals surface area contributed by atoms with Gasteiger partial charge in [-0.05, 0) is 47.9 Å². The zero-order chi connectivity index (χ0) is 19.8. The third-order valence-electron chi connectivity index (χ3n) is 4.57. The van der Waals surface area contributed by atoms with Crippen LogP contribution in [0.1, 0.15) is 38.8 Å². The first-order valence-corrected chi connectivity index (χ1v) is 9.46. The Labute approximate surface area is 166 Å². The molecule has 136 valence electrons. The number of benzene rings is 3. The van der Waals surface area contributed by atoms with Gasteiger partial charge in [0.15, 0.2) is 5.12 Å². The van der Waals surface area contributed by atoms with E-state index in [0.29, 0.717) is 16.5 Å². The SMILES string of the molecule is CC(=O)Sc1ccc(C#Cc2ccc3c4c(cccc24)C(=O)N(C)C3=O)cc1. The lowest BCUT2D eigenvalue weighted by Gasteiger charge is -2.23. The summed E-state index contributed by atoms with van der Waals surface area (Å²) >= 11 is 1.18. The molecule has 0 spiro atoms. The van der Waals surface area contributed by atoms with Gasteiger partial charge in [-0.15, -0.1) is 0 Å². The van der Waals surface area contributed by atoms with Crippen molar-refractivity contribution in [2.24, 2.45) is 0 Å². The maximum Gasteiger partial charge on any atom is 0.261 e. The largest absolute Gasteiger partial charge is 0.287 e. The molecule has 0 fully saturated rings. The van der Waals surface area contributed by atoms with Gasteiger partial charge in [-0.2, -0.15) is 0 Å². The van der Waals surface area contributed by atoms with Gasteiger partial charge in [0, 0.05) is 46.5 Å². The number of hydrogen-bond donors (Lipinski definition) is 0. The molecular formula is C23H15NO3S. The van der Waals surface area contributed by atoms with E-state index in [-0.39, 0.29) is 16.9 Å². The first kappa shape index (κ1) is 18.0. The van der Waals surface area contributed by atoms with Crippen LogP contribution in [0.25, 0.3) is 10.8 Å². The van der Waals surface area contributed by atoms with E-state index in [2.05, 4.69) is 11.8 Å². The standard InChI is InChI=1S/C23H15NO3S/c1-14(25)28-17-11-7-15(8-12-17)6-9-16-10-13-20-21-18(16)4-3-5-19(21)22(26)24(2)23(20)27/h3-5,7-8,10-13H,1-2H3. The van der Waals surface area contributed by atoms with Crippen LogP contribution in [0.3, 0.4) is 0 Å². The lowest BCUT2D eigenvalue weighted by molar-refractivity contribution is -0.109. The molecule has 1 aliphatic heterocycles. The van der Waals surface area contributed by atoms with Crippen molar-refractivity contribution in [1.82, 2.24) is 4.90 Å². The van der Waals surface area contributed by atoms with Crippen LogP contribution in [0.2, 0.25) is 0 Å². The number of hydrogen-bond acceptors (Lipinski definition) is 4. The summed E-state index contributed by atoms with van der Waals surface area (Å²) in [5.74, 6) is 5.66. The van der Waals surface area contributed by atoms with Crippen molar-refractivity contribution in [3.05, 3.63) is 76.9 Å². The zero-order valence-electron chi connectivity index (χ0n) is 15.3. The summed E-state index contributed by atoms with van der Waals surface area (Å²) in [4.78, 5) is 38.1. The molecule has 1 aliphatic rings. The second-order valence-corrected chi connectivity index (χ2v) is 7.68. The van der Waals surface area contributed by atoms with Crippen LogP contribution in [0.15, 0.2) is 59.5 Å². The van der Waals surface area contributed by atoms with Gasteiger partial charge in [0.1, 0.15) is 0 Å². The molecule has 0 saturated carbocycles. The molecule has 0 aromatic heterocycles. The van der Waals surface area contributed by atoms with Crippen LogP contribution in [-0.4, -0.2) is 28.9 Å². The molecule has 0 aliphatic carbocycles. The first-order valence-electron chi connectivity index (χ1n) is 8.64. The van der Waals surface area contributed by atoms with E-state index >= 15 is 0 Å².